The number of hydrogen-bond donors (Lipinski definition) is 2. The Balaban J connectivity index is 1.72. The molecule has 0 unspecified atom stereocenters. The standard InChI is InChI=1S/C21H32N6O2S/c1-4-8-19-25-26-21(30-19)28-13-17(27(3)23)20(22)16-11-12-18(14(2)24-16)29-15-9-6-5-7-10-15/h11-12,15H,4-10,13,22-23H2,1-3H3/b20-17-. The van der Waals surface area contributed by atoms with E-state index < -0.39 is 0 Å². The molecule has 3 rings (SSSR count). The van der Waals surface area contributed by atoms with Gasteiger partial charge in [0, 0.05) is 13.5 Å². The van der Waals surface area contributed by atoms with Crippen LogP contribution >= 0.6 is 11.3 Å². The van der Waals surface area contributed by atoms with Crippen LogP contribution < -0.4 is 21.1 Å². The van der Waals surface area contributed by atoms with Crippen molar-refractivity contribution in [1.82, 2.24) is 20.2 Å². The van der Waals surface area contributed by atoms with E-state index in [-0.39, 0.29) is 12.7 Å². The van der Waals surface area contributed by atoms with Crippen LogP contribution in [0.3, 0.4) is 0 Å². The van der Waals surface area contributed by atoms with Crippen molar-refractivity contribution < 1.29 is 9.47 Å². The summed E-state index contributed by atoms with van der Waals surface area (Å²) in [7, 11) is 1.72. The molecule has 0 amide bonds. The van der Waals surface area contributed by atoms with Crippen molar-refractivity contribution in [3.05, 3.63) is 34.2 Å². The first kappa shape index (κ1) is 22.3. The Hall–Kier alpha value is -2.39. The van der Waals surface area contributed by atoms with Crippen molar-refractivity contribution in [3.8, 4) is 10.9 Å². The van der Waals surface area contributed by atoms with Crippen LogP contribution in [0.4, 0.5) is 0 Å². The molecule has 0 aromatic carbocycles. The Labute approximate surface area is 182 Å². The number of aromatic nitrogens is 3. The van der Waals surface area contributed by atoms with E-state index in [1.807, 2.05) is 19.1 Å². The Bertz CT molecular complexity index is 861. The topological polar surface area (TPSA) is 112 Å². The summed E-state index contributed by atoms with van der Waals surface area (Å²) in [4.78, 5) is 4.65. The first-order valence-corrected chi connectivity index (χ1v) is 11.4. The van der Waals surface area contributed by atoms with Gasteiger partial charge in [-0.2, -0.15) is 0 Å². The fourth-order valence-electron chi connectivity index (χ4n) is 3.44. The number of rotatable bonds is 9. The van der Waals surface area contributed by atoms with Crippen LogP contribution in [-0.4, -0.2) is 39.9 Å². The fraction of sp³-hybridized carbons (Fsp3) is 0.571. The van der Waals surface area contributed by atoms with Crippen molar-refractivity contribution in [3.63, 3.8) is 0 Å². The maximum absolute atomic E-state index is 6.40. The van der Waals surface area contributed by atoms with Gasteiger partial charge in [0.25, 0.3) is 5.19 Å². The molecule has 8 nitrogen and oxygen atoms in total. The predicted molar refractivity (Wildman–Crippen MR) is 119 cm³/mol. The number of nitrogens with zero attached hydrogens (tertiary/aromatic N) is 4. The molecule has 30 heavy (non-hydrogen) atoms. The van der Waals surface area contributed by atoms with Gasteiger partial charge in [-0.1, -0.05) is 24.7 Å². The van der Waals surface area contributed by atoms with E-state index in [1.54, 1.807) is 7.05 Å². The molecule has 164 valence electrons. The van der Waals surface area contributed by atoms with Gasteiger partial charge in [0.1, 0.15) is 17.4 Å². The maximum atomic E-state index is 6.40. The summed E-state index contributed by atoms with van der Waals surface area (Å²) in [6.45, 7) is 4.22. The Morgan fingerprint density at radius 3 is 2.67 bits per heavy atom. The first-order chi connectivity index (χ1) is 14.5. The summed E-state index contributed by atoms with van der Waals surface area (Å²) in [5, 5.41) is 11.1. The molecule has 0 spiro atoms. The molecule has 2 heterocycles. The van der Waals surface area contributed by atoms with E-state index in [1.165, 1.54) is 35.6 Å². The molecule has 0 bridgehead atoms. The largest absolute Gasteiger partial charge is 0.489 e. The van der Waals surface area contributed by atoms with E-state index in [9.17, 15) is 0 Å². The molecule has 2 aromatic heterocycles. The van der Waals surface area contributed by atoms with E-state index in [2.05, 4.69) is 22.1 Å². The van der Waals surface area contributed by atoms with E-state index in [0.29, 0.717) is 22.3 Å². The average molecular weight is 433 g/mol. The number of hydrazine groups is 1. The highest BCUT2D eigenvalue weighted by molar-refractivity contribution is 7.13. The van der Waals surface area contributed by atoms with Crippen LogP contribution in [0.25, 0.3) is 5.70 Å². The van der Waals surface area contributed by atoms with Gasteiger partial charge >= 0.3 is 0 Å². The Kier molecular flexibility index (Phi) is 7.87. The summed E-state index contributed by atoms with van der Waals surface area (Å²) < 4.78 is 11.9. The van der Waals surface area contributed by atoms with Crippen LogP contribution in [0.1, 0.15) is 61.8 Å². The number of pyridine rings is 1. The predicted octanol–water partition coefficient (Wildman–Crippen LogP) is 3.42. The highest BCUT2D eigenvalue weighted by Crippen LogP contribution is 2.27. The van der Waals surface area contributed by atoms with Crippen molar-refractivity contribution in [2.75, 3.05) is 13.7 Å². The minimum Gasteiger partial charge on any atom is -0.489 e. The molecule has 1 aliphatic rings. The summed E-state index contributed by atoms with van der Waals surface area (Å²) in [6, 6.07) is 3.81. The highest BCUT2D eigenvalue weighted by atomic mass is 32.1. The third kappa shape index (κ3) is 5.82. The third-order valence-corrected chi connectivity index (χ3v) is 6.04. The minimum absolute atomic E-state index is 0.181. The van der Waals surface area contributed by atoms with Gasteiger partial charge in [-0.05, 0) is 51.2 Å². The molecule has 0 radical (unpaired) electrons. The molecular weight excluding hydrogens is 400 g/mol. The molecule has 9 heteroatoms. The second-order valence-corrected chi connectivity index (χ2v) is 8.65. The Morgan fingerprint density at radius 2 is 2.00 bits per heavy atom. The lowest BCUT2D eigenvalue weighted by Crippen LogP contribution is -2.31. The van der Waals surface area contributed by atoms with Gasteiger partial charge < -0.3 is 20.2 Å². The van der Waals surface area contributed by atoms with Gasteiger partial charge in [0.15, 0.2) is 0 Å². The first-order valence-electron chi connectivity index (χ1n) is 10.5. The number of aryl methyl sites for hydroxylation is 2. The summed E-state index contributed by atoms with van der Waals surface area (Å²) >= 11 is 1.44. The van der Waals surface area contributed by atoms with Gasteiger partial charge in [0.2, 0.25) is 0 Å². The number of nitrogens with two attached hydrogens (primary N) is 2. The molecule has 0 saturated heterocycles. The van der Waals surface area contributed by atoms with E-state index >= 15 is 0 Å². The van der Waals surface area contributed by atoms with Crippen LogP contribution in [0.5, 0.6) is 10.9 Å². The zero-order valence-corrected chi connectivity index (χ0v) is 18.9. The monoisotopic (exact) mass is 432 g/mol. The lowest BCUT2D eigenvalue weighted by Gasteiger charge is -2.24. The lowest BCUT2D eigenvalue weighted by molar-refractivity contribution is 0.153. The van der Waals surface area contributed by atoms with E-state index in [0.717, 1.165) is 42.1 Å². The van der Waals surface area contributed by atoms with Gasteiger partial charge in [-0.3, -0.25) is 0 Å². The second-order valence-electron chi connectivity index (χ2n) is 7.63. The second kappa shape index (κ2) is 10.6. The Morgan fingerprint density at radius 1 is 1.23 bits per heavy atom. The van der Waals surface area contributed by atoms with Crippen molar-refractivity contribution >= 4 is 17.0 Å². The smallest absolute Gasteiger partial charge is 0.294 e. The number of likely N-dealkylation sites (N-methyl/N-ethyl adjacent to an activating group) is 1. The SMILES string of the molecule is CCCc1nnc(OC/C(=C(/N)c2ccc(OC3CCCCC3)c(C)n2)N(C)N)s1. The van der Waals surface area contributed by atoms with Gasteiger partial charge in [-0.15, -0.1) is 10.2 Å². The molecule has 2 aromatic rings. The third-order valence-electron chi connectivity index (χ3n) is 5.14. The van der Waals surface area contributed by atoms with Crippen LogP contribution in [-0.2, 0) is 6.42 Å². The number of ether oxygens (including phenoxy) is 2. The average Bonchev–Trinajstić information content (AvgIpc) is 3.18. The summed E-state index contributed by atoms with van der Waals surface area (Å²) in [5.74, 6) is 6.83. The molecule has 0 aliphatic heterocycles. The molecule has 0 atom stereocenters. The lowest BCUT2D eigenvalue weighted by atomic mass is 9.98. The zero-order chi connectivity index (χ0) is 21.5. The molecule has 4 N–H and O–H groups in total. The summed E-state index contributed by atoms with van der Waals surface area (Å²) in [6.07, 6.45) is 8.15. The molecule has 1 fully saturated rings. The molecule has 1 saturated carbocycles. The van der Waals surface area contributed by atoms with Gasteiger partial charge in [0.05, 0.1) is 28.9 Å². The minimum atomic E-state index is 0.181. The maximum Gasteiger partial charge on any atom is 0.294 e. The zero-order valence-electron chi connectivity index (χ0n) is 18.1. The van der Waals surface area contributed by atoms with Crippen molar-refractivity contribution in [2.45, 2.75) is 64.9 Å². The van der Waals surface area contributed by atoms with Crippen LogP contribution in [0, 0.1) is 6.92 Å². The normalized spacial score (nSPS) is 15.6. The van der Waals surface area contributed by atoms with Gasteiger partial charge in [-0.25, -0.2) is 10.8 Å². The van der Waals surface area contributed by atoms with Crippen molar-refractivity contribution in [1.29, 1.82) is 0 Å². The fourth-order valence-corrected chi connectivity index (χ4v) is 4.23. The quantitative estimate of drug-likeness (QED) is 0.458. The highest BCUT2D eigenvalue weighted by Gasteiger charge is 2.18. The van der Waals surface area contributed by atoms with E-state index in [4.69, 9.17) is 21.1 Å². The van der Waals surface area contributed by atoms with Crippen LogP contribution in [0.15, 0.2) is 17.8 Å². The summed E-state index contributed by atoms with van der Waals surface area (Å²) in [5.41, 5.74) is 8.94. The van der Waals surface area contributed by atoms with Crippen LogP contribution in [0.2, 0.25) is 0 Å². The van der Waals surface area contributed by atoms with Crippen molar-refractivity contribution in [2.24, 2.45) is 11.6 Å². The number of hydrogen-bond acceptors (Lipinski definition) is 9. The molecule has 1 aliphatic carbocycles. The molecular formula is C21H32N6O2S.